The molecule has 0 heterocycles. The lowest BCUT2D eigenvalue weighted by Crippen LogP contribution is -2.59. The molecule has 1 aliphatic carbocycles. The van der Waals surface area contributed by atoms with E-state index in [2.05, 4.69) is 25.2 Å². The summed E-state index contributed by atoms with van der Waals surface area (Å²) in [6.45, 7) is 7.14. The molecule has 0 bridgehead atoms. The van der Waals surface area contributed by atoms with Crippen molar-refractivity contribution >= 4 is 0 Å². The zero-order valence-corrected chi connectivity index (χ0v) is 8.17. The fourth-order valence-electron chi connectivity index (χ4n) is 1.58. The molecule has 2 heteroatoms. The third kappa shape index (κ3) is 1.70. The van der Waals surface area contributed by atoms with Crippen molar-refractivity contribution in [1.29, 1.82) is 0 Å². The molecule has 0 aromatic rings. The van der Waals surface area contributed by atoms with Crippen LogP contribution in [0, 0.1) is 5.41 Å². The summed E-state index contributed by atoms with van der Waals surface area (Å²) in [5.74, 6) is 0. The molecule has 2 N–H and O–H groups in total. The molecule has 0 aromatic carbocycles. The van der Waals surface area contributed by atoms with Gasteiger partial charge in [0.1, 0.15) is 0 Å². The summed E-state index contributed by atoms with van der Waals surface area (Å²) in [4.78, 5) is 0. The lowest BCUT2D eigenvalue weighted by molar-refractivity contribution is -0.0712. The molecule has 2 atom stereocenters. The number of allylic oxidation sites excluding steroid dienone is 1. The molecule has 0 radical (unpaired) electrons. The first kappa shape index (κ1) is 9.75. The van der Waals surface area contributed by atoms with E-state index in [0.29, 0.717) is 6.04 Å². The summed E-state index contributed by atoms with van der Waals surface area (Å²) in [6.07, 6.45) is 4.90. The molecule has 0 saturated heterocycles. The highest BCUT2D eigenvalue weighted by Gasteiger charge is 2.46. The molecule has 1 aliphatic rings. The van der Waals surface area contributed by atoms with Gasteiger partial charge in [-0.25, -0.2) is 0 Å². The first-order valence-corrected chi connectivity index (χ1v) is 4.61. The second-order valence-electron chi connectivity index (χ2n) is 4.10. The maximum Gasteiger partial charge on any atom is 0.0621 e. The number of aliphatic hydroxyl groups excluding tert-OH is 1. The third-order valence-corrected chi connectivity index (χ3v) is 2.93. The second kappa shape index (κ2) is 3.58. The molecule has 0 amide bonds. The van der Waals surface area contributed by atoms with E-state index in [0.717, 1.165) is 13.0 Å². The van der Waals surface area contributed by atoms with Gasteiger partial charge in [0.15, 0.2) is 0 Å². The topological polar surface area (TPSA) is 32.3 Å². The second-order valence-corrected chi connectivity index (χ2v) is 4.10. The Kier molecular flexibility index (Phi) is 2.91. The van der Waals surface area contributed by atoms with E-state index < -0.39 is 0 Å². The van der Waals surface area contributed by atoms with Crippen LogP contribution in [0.15, 0.2) is 12.2 Å². The van der Waals surface area contributed by atoms with Gasteiger partial charge in [0.2, 0.25) is 0 Å². The minimum atomic E-state index is -0.124. The van der Waals surface area contributed by atoms with E-state index in [9.17, 15) is 5.11 Å². The summed E-state index contributed by atoms with van der Waals surface area (Å²) in [7, 11) is 0. The van der Waals surface area contributed by atoms with Crippen LogP contribution in [0.5, 0.6) is 0 Å². The number of hydrogen-bond acceptors (Lipinski definition) is 2. The Balaban J connectivity index is 2.27. The van der Waals surface area contributed by atoms with Gasteiger partial charge in [0, 0.05) is 18.0 Å². The zero-order chi connectivity index (χ0) is 9.19. The Hall–Kier alpha value is -0.340. The summed E-state index contributed by atoms with van der Waals surface area (Å²) < 4.78 is 0. The Bertz CT molecular complexity index is 175. The van der Waals surface area contributed by atoms with E-state index in [1.807, 2.05) is 13.0 Å². The monoisotopic (exact) mass is 169 g/mol. The van der Waals surface area contributed by atoms with Gasteiger partial charge in [-0.1, -0.05) is 26.0 Å². The summed E-state index contributed by atoms with van der Waals surface area (Å²) in [6, 6.07) is 0.476. The maximum atomic E-state index is 9.44. The Morgan fingerprint density at radius 2 is 2.25 bits per heavy atom. The highest BCUT2D eigenvalue weighted by molar-refractivity contribution is 5.02. The van der Waals surface area contributed by atoms with Crippen LogP contribution in [0.3, 0.4) is 0 Å². The lowest BCUT2D eigenvalue weighted by Gasteiger charge is -2.49. The Morgan fingerprint density at radius 1 is 1.58 bits per heavy atom. The zero-order valence-electron chi connectivity index (χ0n) is 8.17. The molecule has 1 rings (SSSR count). The van der Waals surface area contributed by atoms with Crippen LogP contribution in [-0.4, -0.2) is 23.8 Å². The van der Waals surface area contributed by atoms with Crippen LogP contribution < -0.4 is 5.32 Å². The highest BCUT2D eigenvalue weighted by Crippen LogP contribution is 2.40. The number of rotatable bonds is 3. The minimum Gasteiger partial charge on any atom is -0.392 e. The molecule has 1 saturated carbocycles. The molecule has 12 heavy (non-hydrogen) atoms. The van der Waals surface area contributed by atoms with E-state index >= 15 is 0 Å². The largest absolute Gasteiger partial charge is 0.392 e. The van der Waals surface area contributed by atoms with Crippen molar-refractivity contribution in [2.24, 2.45) is 5.41 Å². The standard InChI is InChI=1S/C10H19NO/c1-4-5-6-11-8-7-9(12)10(8,2)3/h4-5,8-9,11-12H,6-7H2,1-3H3/b5-4+. The fraction of sp³-hybridized carbons (Fsp3) is 0.800. The Labute approximate surface area is 74.7 Å². The van der Waals surface area contributed by atoms with Crippen LogP contribution in [0.25, 0.3) is 0 Å². The van der Waals surface area contributed by atoms with Crippen LogP contribution in [0.1, 0.15) is 27.2 Å². The van der Waals surface area contributed by atoms with Crippen molar-refractivity contribution in [2.45, 2.75) is 39.3 Å². The van der Waals surface area contributed by atoms with Crippen LogP contribution >= 0.6 is 0 Å². The highest BCUT2D eigenvalue weighted by atomic mass is 16.3. The normalized spacial score (nSPS) is 33.7. The first-order chi connectivity index (χ1) is 5.59. The summed E-state index contributed by atoms with van der Waals surface area (Å²) >= 11 is 0. The SMILES string of the molecule is C/C=C/CNC1CC(O)C1(C)C. The summed E-state index contributed by atoms with van der Waals surface area (Å²) in [5.41, 5.74) is 0.0571. The van der Waals surface area contributed by atoms with Crippen LogP contribution in [0.4, 0.5) is 0 Å². The third-order valence-electron chi connectivity index (χ3n) is 2.93. The average Bonchev–Trinajstić information content (AvgIpc) is 2.04. The lowest BCUT2D eigenvalue weighted by atomic mass is 9.64. The smallest absolute Gasteiger partial charge is 0.0621 e. The summed E-state index contributed by atoms with van der Waals surface area (Å²) in [5, 5.41) is 12.8. The van der Waals surface area contributed by atoms with E-state index in [4.69, 9.17) is 0 Å². The molecular weight excluding hydrogens is 150 g/mol. The van der Waals surface area contributed by atoms with Gasteiger partial charge in [0.05, 0.1) is 6.10 Å². The van der Waals surface area contributed by atoms with Crippen molar-refractivity contribution < 1.29 is 5.11 Å². The van der Waals surface area contributed by atoms with Gasteiger partial charge in [-0.2, -0.15) is 0 Å². The first-order valence-electron chi connectivity index (χ1n) is 4.61. The average molecular weight is 169 g/mol. The van der Waals surface area contributed by atoms with E-state index in [-0.39, 0.29) is 11.5 Å². The van der Waals surface area contributed by atoms with Crippen molar-refractivity contribution in [1.82, 2.24) is 5.32 Å². The van der Waals surface area contributed by atoms with Gasteiger partial charge in [-0.3, -0.25) is 0 Å². The van der Waals surface area contributed by atoms with E-state index in [1.165, 1.54) is 0 Å². The molecule has 2 unspecified atom stereocenters. The molecule has 0 aliphatic heterocycles. The number of nitrogens with one attached hydrogen (secondary N) is 1. The van der Waals surface area contributed by atoms with Crippen molar-refractivity contribution in [3.05, 3.63) is 12.2 Å². The van der Waals surface area contributed by atoms with Gasteiger partial charge in [-0.15, -0.1) is 0 Å². The molecular formula is C10H19NO. The van der Waals surface area contributed by atoms with Crippen molar-refractivity contribution in [3.63, 3.8) is 0 Å². The van der Waals surface area contributed by atoms with Gasteiger partial charge in [0.25, 0.3) is 0 Å². The van der Waals surface area contributed by atoms with Crippen LogP contribution in [0.2, 0.25) is 0 Å². The molecule has 70 valence electrons. The molecule has 0 spiro atoms. The predicted octanol–water partition coefficient (Wildman–Crippen LogP) is 1.31. The minimum absolute atomic E-state index is 0.0571. The van der Waals surface area contributed by atoms with Crippen LogP contribution in [-0.2, 0) is 0 Å². The fourth-order valence-corrected chi connectivity index (χ4v) is 1.58. The molecule has 0 aromatic heterocycles. The van der Waals surface area contributed by atoms with Gasteiger partial charge in [-0.05, 0) is 13.3 Å². The van der Waals surface area contributed by atoms with Gasteiger partial charge < -0.3 is 10.4 Å². The van der Waals surface area contributed by atoms with Crippen molar-refractivity contribution in [2.75, 3.05) is 6.54 Å². The van der Waals surface area contributed by atoms with E-state index in [1.54, 1.807) is 0 Å². The Morgan fingerprint density at radius 3 is 2.67 bits per heavy atom. The van der Waals surface area contributed by atoms with Gasteiger partial charge >= 0.3 is 0 Å². The number of aliphatic hydroxyl groups is 1. The van der Waals surface area contributed by atoms with Crippen molar-refractivity contribution in [3.8, 4) is 0 Å². The quantitative estimate of drug-likeness (QED) is 0.624. The maximum absolute atomic E-state index is 9.44. The molecule has 1 fully saturated rings. The molecule has 2 nitrogen and oxygen atoms in total. The predicted molar refractivity (Wildman–Crippen MR) is 51.0 cm³/mol. The number of hydrogen-bond donors (Lipinski definition) is 2.